The zero-order chi connectivity index (χ0) is 22.0. The highest BCUT2D eigenvalue weighted by Crippen LogP contribution is 2.39. The summed E-state index contributed by atoms with van der Waals surface area (Å²) in [6.07, 6.45) is 7.93. The van der Waals surface area contributed by atoms with Crippen molar-refractivity contribution < 1.29 is 9.53 Å². The molecule has 3 fully saturated rings. The van der Waals surface area contributed by atoms with Gasteiger partial charge in [0.05, 0.1) is 18.8 Å². The van der Waals surface area contributed by atoms with E-state index in [1.165, 1.54) is 24.8 Å². The van der Waals surface area contributed by atoms with Crippen molar-refractivity contribution in [2.45, 2.75) is 63.1 Å². The van der Waals surface area contributed by atoms with Gasteiger partial charge in [0, 0.05) is 19.2 Å². The summed E-state index contributed by atoms with van der Waals surface area (Å²) in [5.74, 6) is 1.63. The van der Waals surface area contributed by atoms with Crippen LogP contribution in [-0.4, -0.2) is 48.5 Å². The number of rotatable bonds is 5. The summed E-state index contributed by atoms with van der Waals surface area (Å²) < 4.78 is 5.47. The number of methoxy groups -OCH3 is 1. The Hall–Kier alpha value is -2.38. The Morgan fingerprint density at radius 1 is 1.22 bits per heavy atom. The molecule has 1 saturated carbocycles. The number of amides is 2. The molecule has 1 aromatic carbocycles. The maximum atomic E-state index is 13.4. The monoisotopic (exact) mass is 452 g/mol. The van der Waals surface area contributed by atoms with Crippen LogP contribution in [0, 0.1) is 0 Å². The lowest BCUT2D eigenvalue weighted by Gasteiger charge is -2.44. The molecule has 6 nitrogen and oxygen atoms in total. The van der Waals surface area contributed by atoms with Crippen LogP contribution in [-0.2, 0) is 6.54 Å². The second-order valence-electron chi connectivity index (χ2n) is 9.21. The topological polar surface area (TPSA) is 57.2 Å². The molecule has 2 aromatic rings. The zero-order valence-corrected chi connectivity index (χ0v) is 19.6. The van der Waals surface area contributed by atoms with Gasteiger partial charge in [-0.05, 0) is 66.8 Å². The van der Waals surface area contributed by atoms with E-state index in [0.29, 0.717) is 6.04 Å². The van der Waals surface area contributed by atoms with Crippen molar-refractivity contribution in [3.8, 4) is 5.75 Å². The Kier molecular flexibility index (Phi) is 6.20. The van der Waals surface area contributed by atoms with Gasteiger partial charge >= 0.3 is 6.03 Å². The minimum Gasteiger partial charge on any atom is -0.497 e. The highest BCUT2D eigenvalue weighted by molar-refractivity contribution is 7.07. The van der Waals surface area contributed by atoms with E-state index in [-0.39, 0.29) is 6.03 Å². The summed E-state index contributed by atoms with van der Waals surface area (Å²) in [6.45, 7) is 2.72. The number of thiophene rings is 1. The number of likely N-dealkylation sites (tertiary alicyclic amines) is 1. The van der Waals surface area contributed by atoms with Crippen molar-refractivity contribution in [2.24, 2.45) is 4.99 Å². The SMILES string of the molecule is COc1cccc(N2C(=O)NC(=NC3CCCCC3)C23CCCN(Cc2ccsc2)C3)c1. The number of hydrogen-bond acceptors (Lipinski definition) is 5. The summed E-state index contributed by atoms with van der Waals surface area (Å²) in [5, 5.41) is 7.55. The molecule has 7 heteroatoms. The van der Waals surface area contributed by atoms with Crippen molar-refractivity contribution in [1.29, 1.82) is 0 Å². The van der Waals surface area contributed by atoms with Gasteiger partial charge in [0.25, 0.3) is 0 Å². The van der Waals surface area contributed by atoms with Gasteiger partial charge < -0.3 is 4.74 Å². The summed E-state index contributed by atoms with van der Waals surface area (Å²) >= 11 is 1.74. The van der Waals surface area contributed by atoms with Gasteiger partial charge in [-0.15, -0.1) is 0 Å². The number of nitrogens with zero attached hydrogens (tertiary/aromatic N) is 3. The predicted octanol–water partition coefficient (Wildman–Crippen LogP) is 5.05. The molecule has 0 bridgehead atoms. The molecule has 1 aromatic heterocycles. The number of ether oxygens (including phenoxy) is 1. The normalized spacial score (nSPS) is 26.1. The molecule has 170 valence electrons. The van der Waals surface area contributed by atoms with E-state index >= 15 is 0 Å². The van der Waals surface area contributed by atoms with Crippen LogP contribution >= 0.6 is 11.3 Å². The van der Waals surface area contributed by atoms with E-state index in [1.54, 1.807) is 18.4 Å². The van der Waals surface area contributed by atoms with E-state index < -0.39 is 5.54 Å². The average Bonchev–Trinajstić information content (AvgIpc) is 3.41. The number of urea groups is 1. The van der Waals surface area contributed by atoms with Crippen molar-refractivity contribution in [1.82, 2.24) is 10.2 Å². The van der Waals surface area contributed by atoms with Gasteiger partial charge in [0.1, 0.15) is 17.1 Å². The van der Waals surface area contributed by atoms with E-state index in [4.69, 9.17) is 9.73 Å². The van der Waals surface area contributed by atoms with E-state index in [9.17, 15) is 4.79 Å². The number of piperidine rings is 1. The molecule has 32 heavy (non-hydrogen) atoms. The molecule has 1 N–H and O–H groups in total. The fourth-order valence-electron chi connectivity index (χ4n) is 5.51. The number of carbonyl (C=O) groups is 1. The van der Waals surface area contributed by atoms with Crippen LogP contribution in [0.25, 0.3) is 0 Å². The third-order valence-corrected chi connectivity index (χ3v) is 7.76. The number of hydrogen-bond donors (Lipinski definition) is 1. The largest absolute Gasteiger partial charge is 0.497 e. The van der Waals surface area contributed by atoms with E-state index in [2.05, 4.69) is 27.0 Å². The summed E-state index contributed by atoms with van der Waals surface area (Å²) in [4.78, 5) is 23.0. The molecule has 3 aliphatic rings. The lowest BCUT2D eigenvalue weighted by atomic mass is 9.85. The molecular weight excluding hydrogens is 420 g/mol. The maximum Gasteiger partial charge on any atom is 0.328 e. The lowest BCUT2D eigenvalue weighted by Crippen LogP contribution is -2.60. The van der Waals surface area contributed by atoms with E-state index in [0.717, 1.165) is 62.6 Å². The second-order valence-corrected chi connectivity index (χ2v) is 9.99. The Labute approximate surface area is 194 Å². The molecule has 1 unspecified atom stereocenters. The Bertz CT molecular complexity index is 970. The Morgan fingerprint density at radius 2 is 2.09 bits per heavy atom. The van der Waals surface area contributed by atoms with Crippen molar-refractivity contribution in [3.63, 3.8) is 0 Å². The molecule has 3 heterocycles. The third-order valence-electron chi connectivity index (χ3n) is 7.03. The van der Waals surface area contributed by atoms with Crippen molar-refractivity contribution >= 4 is 28.9 Å². The number of anilines is 1. The fourth-order valence-corrected chi connectivity index (χ4v) is 6.17. The van der Waals surface area contributed by atoms with E-state index in [1.807, 2.05) is 29.2 Å². The molecule has 2 aliphatic heterocycles. The molecule has 0 radical (unpaired) electrons. The smallest absolute Gasteiger partial charge is 0.328 e. The van der Waals surface area contributed by atoms with Gasteiger partial charge in [-0.1, -0.05) is 25.3 Å². The lowest BCUT2D eigenvalue weighted by molar-refractivity contribution is 0.176. The highest BCUT2D eigenvalue weighted by atomic mass is 32.1. The van der Waals surface area contributed by atoms with Crippen LogP contribution in [0.1, 0.15) is 50.5 Å². The second kappa shape index (κ2) is 9.24. The summed E-state index contributed by atoms with van der Waals surface area (Å²) in [5.41, 5.74) is 1.74. The maximum absolute atomic E-state index is 13.4. The van der Waals surface area contributed by atoms with Crippen LogP contribution in [0.5, 0.6) is 5.75 Å². The quantitative estimate of drug-likeness (QED) is 0.690. The minimum absolute atomic E-state index is 0.0785. The molecule has 1 aliphatic carbocycles. The van der Waals surface area contributed by atoms with Crippen LogP contribution in [0.15, 0.2) is 46.1 Å². The first-order valence-corrected chi connectivity index (χ1v) is 12.7. The fraction of sp³-hybridized carbons (Fsp3) is 0.520. The van der Waals surface area contributed by atoms with Gasteiger partial charge in [0.2, 0.25) is 0 Å². The number of amidine groups is 1. The van der Waals surface area contributed by atoms with Gasteiger partial charge in [-0.25, -0.2) is 4.79 Å². The molecular formula is C25H32N4O2S. The average molecular weight is 453 g/mol. The minimum atomic E-state index is -0.463. The first kappa shape index (κ1) is 21.5. The Balaban J connectivity index is 1.52. The molecule has 5 rings (SSSR count). The number of nitrogens with one attached hydrogen (secondary N) is 1. The first-order valence-electron chi connectivity index (χ1n) is 11.7. The Morgan fingerprint density at radius 3 is 2.88 bits per heavy atom. The van der Waals surface area contributed by atoms with Gasteiger partial charge in [-0.3, -0.25) is 20.1 Å². The van der Waals surface area contributed by atoms with Crippen molar-refractivity contribution in [3.05, 3.63) is 46.7 Å². The third kappa shape index (κ3) is 4.16. The van der Waals surface area contributed by atoms with Crippen LogP contribution in [0.2, 0.25) is 0 Å². The van der Waals surface area contributed by atoms with Gasteiger partial charge in [-0.2, -0.15) is 11.3 Å². The van der Waals surface area contributed by atoms with Crippen LogP contribution < -0.4 is 15.0 Å². The predicted molar refractivity (Wildman–Crippen MR) is 130 cm³/mol. The highest BCUT2D eigenvalue weighted by Gasteiger charge is 2.53. The summed E-state index contributed by atoms with van der Waals surface area (Å²) in [7, 11) is 1.66. The number of carbonyl (C=O) groups excluding carboxylic acids is 1. The molecule has 1 spiro atoms. The first-order chi connectivity index (χ1) is 15.7. The number of benzene rings is 1. The van der Waals surface area contributed by atoms with Crippen molar-refractivity contribution in [2.75, 3.05) is 25.1 Å². The number of aliphatic imine (C=N–C) groups is 1. The van der Waals surface area contributed by atoms with Crippen LogP contribution in [0.4, 0.5) is 10.5 Å². The standard InChI is InChI=1S/C25H32N4O2S/c1-31-22-10-5-9-21(15-22)29-24(30)27-23(26-20-7-3-2-4-8-20)25(29)12-6-13-28(18-25)16-19-11-14-32-17-19/h5,9-11,14-15,17,20H,2-4,6-8,12-13,16,18H2,1H3,(H,26,27,30). The molecule has 2 amide bonds. The zero-order valence-electron chi connectivity index (χ0n) is 18.8. The summed E-state index contributed by atoms with van der Waals surface area (Å²) in [6, 6.07) is 10.3. The molecule has 2 saturated heterocycles. The molecule has 1 atom stereocenters. The van der Waals surface area contributed by atoms with Crippen LogP contribution in [0.3, 0.4) is 0 Å². The van der Waals surface area contributed by atoms with Gasteiger partial charge in [0.15, 0.2) is 0 Å².